The van der Waals surface area contributed by atoms with Gasteiger partial charge in [-0.05, 0) is 66.2 Å². The normalized spacial score (nSPS) is 11.1. The van der Waals surface area contributed by atoms with E-state index in [0.29, 0.717) is 10.8 Å². The van der Waals surface area contributed by atoms with Gasteiger partial charge in [0.1, 0.15) is 11.5 Å². The van der Waals surface area contributed by atoms with Crippen LogP contribution < -0.4 is 41.3 Å². The van der Waals surface area contributed by atoms with Crippen molar-refractivity contribution in [1.82, 2.24) is 0 Å². The van der Waals surface area contributed by atoms with Gasteiger partial charge in [0.25, 0.3) is 0 Å². The van der Waals surface area contributed by atoms with Crippen molar-refractivity contribution >= 4 is 59.3 Å². The molecule has 0 spiro atoms. The van der Waals surface area contributed by atoms with Crippen molar-refractivity contribution in [2.24, 2.45) is 0 Å². The zero-order chi connectivity index (χ0) is 30.5. The van der Waals surface area contributed by atoms with Crippen LogP contribution in [0.3, 0.4) is 0 Å². The van der Waals surface area contributed by atoms with E-state index in [9.17, 15) is 0 Å². The summed E-state index contributed by atoms with van der Waals surface area (Å²) < 4.78 is 12.5. The maximum absolute atomic E-state index is 7.00. The van der Waals surface area contributed by atoms with Crippen molar-refractivity contribution < 1.29 is 9.47 Å². The summed E-state index contributed by atoms with van der Waals surface area (Å²) in [5, 5.41) is 7.95. The van der Waals surface area contributed by atoms with Gasteiger partial charge < -0.3 is 9.47 Å². The molecule has 0 saturated carbocycles. The van der Waals surface area contributed by atoms with Gasteiger partial charge in [-0.1, -0.05) is 151 Å². The van der Waals surface area contributed by atoms with Crippen LogP contribution in [0.4, 0.5) is 0 Å². The number of hydrogen-bond donors (Lipinski definition) is 0. The molecule has 6 aromatic rings. The Morgan fingerprint density at radius 2 is 0.773 bits per heavy atom. The minimum absolute atomic E-state index is 0.570. The van der Waals surface area contributed by atoms with Crippen molar-refractivity contribution in [2.75, 3.05) is 14.2 Å². The number of rotatable bonds is 9. The first-order valence-electron chi connectivity index (χ1n) is 14.5. The van der Waals surface area contributed by atoms with Gasteiger partial charge in [-0.3, -0.25) is 0 Å². The van der Waals surface area contributed by atoms with Crippen LogP contribution in [0.15, 0.2) is 146 Å². The molecule has 5 heteroatoms. The Bertz CT molecular complexity index is 1630. The highest BCUT2D eigenvalue weighted by atomic mass is 35.5. The zero-order valence-corrected chi connectivity index (χ0v) is 27.5. The molecule has 0 aromatic heterocycles. The fourth-order valence-electron chi connectivity index (χ4n) is 5.70. The zero-order valence-electron chi connectivity index (χ0n) is 24.9. The van der Waals surface area contributed by atoms with Gasteiger partial charge in [0.2, 0.25) is 0 Å². The van der Waals surface area contributed by atoms with Gasteiger partial charge in [0.05, 0.1) is 19.2 Å². The van der Waals surface area contributed by atoms with Crippen molar-refractivity contribution in [3.63, 3.8) is 0 Å². The molecule has 0 atom stereocenters. The van der Waals surface area contributed by atoms with Crippen LogP contribution in [0.25, 0.3) is 11.1 Å². The summed E-state index contributed by atoms with van der Waals surface area (Å²) in [5.41, 5.74) is 3.06. The van der Waals surface area contributed by atoms with E-state index in [4.69, 9.17) is 21.1 Å². The lowest BCUT2D eigenvalue weighted by molar-refractivity contribution is 0.409. The molecule has 0 aliphatic heterocycles. The molecule has 6 rings (SSSR count). The molecule has 0 saturated heterocycles. The third kappa shape index (κ3) is 5.91. The van der Waals surface area contributed by atoms with Crippen LogP contribution in [-0.2, 0) is 0 Å². The molecule has 6 aromatic carbocycles. The predicted octanol–water partition coefficient (Wildman–Crippen LogP) is 7.85. The minimum Gasteiger partial charge on any atom is -0.496 e. The van der Waals surface area contributed by atoms with Crippen LogP contribution in [0.2, 0.25) is 5.02 Å². The number of methoxy groups -OCH3 is 2. The molecule has 0 fully saturated rings. The van der Waals surface area contributed by atoms with E-state index in [1.807, 2.05) is 6.07 Å². The molecule has 0 heterocycles. The first kappa shape index (κ1) is 30.1. The molecule has 0 unspecified atom stereocenters. The van der Waals surface area contributed by atoms with Crippen molar-refractivity contribution in [2.45, 2.75) is 6.92 Å². The van der Waals surface area contributed by atoms with Crippen molar-refractivity contribution in [1.29, 1.82) is 0 Å². The number of aryl methyl sites for hydroxylation is 1. The van der Waals surface area contributed by atoms with Crippen LogP contribution in [0, 0.1) is 6.92 Å². The third-order valence-corrected chi connectivity index (χ3v) is 12.9. The minimum atomic E-state index is -0.979. The Morgan fingerprint density at radius 1 is 0.432 bits per heavy atom. The summed E-state index contributed by atoms with van der Waals surface area (Å²) in [6.07, 6.45) is 0. The van der Waals surface area contributed by atoms with Crippen molar-refractivity contribution in [3.8, 4) is 22.6 Å². The van der Waals surface area contributed by atoms with Gasteiger partial charge in [-0.15, -0.1) is 0 Å². The summed E-state index contributed by atoms with van der Waals surface area (Å²) in [5.74, 6) is 1.49. The summed E-state index contributed by atoms with van der Waals surface area (Å²) in [4.78, 5) is 0. The molecular formula is C39H33ClO2P2. The molecule has 0 aliphatic rings. The first-order chi connectivity index (χ1) is 21.6. The van der Waals surface area contributed by atoms with Gasteiger partial charge in [0.15, 0.2) is 0 Å². The molecule has 0 radical (unpaired) electrons. The lowest BCUT2D eigenvalue weighted by Crippen LogP contribution is -2.26. The van der Waals surface area contributed by atoms with E-state index < -0.39 is 15.8 Å². The Morgan fingerprint density at radius 3 is 1.14 bits per heavy atom. The Kier molecular flexibility index (Phi) is 9.44. The van der Waals surface area contributed by atoms with Gasteiger partial charge >= 0.3 is 0 Å². The molecule has 44 heavy (non-hydrogen) atoms. The van der Waals surface area contributed by atoms with E-state index >= 15 is 0 Å². The second-order valence-corrected chi connectivity index (χ2v) is 15.1. The molecule has 0 N–H and O–H groups in total. The van der Waals surface area contributed by atoms with Crippen molar-refractivity contribution in [3.05, 3.63) is 156 Å². The standard InChI is InChI=1S/C39H33ClO2P2/c1-28-24-26-34(43(29-16-8-4-9-17-29)30-18-10-5-11-19-30)36(38(28)41-2)37-35(27-25-33(40)39(37)42-3)44(31-20-12-6-13-21-31)32-22-14-7-15-23-32/h4-27H,1-3H3. The Labute approximate surface area is 267 Å². The van der Waals surface area contributed by atoms with E-state index in [2.05, 4.69) is 146 Å². The van der Waals surface area contributed by atoms with Crippen LogP contribution in [-0.4, -0.2) is 14.2 Å². The maximum Gasteiger partial charge on any atom is 0.146 e. The number of ether oxygens (including phenoxy) is 2. The molecule has 218 valence electrons. The number of halogens is 1. The second-order valence-electron chi connectivity index (χ2n) is 10.3. The summed E-state index contributed by atoms with van der Waals surface area (Å²) >= 11 is 7.00. The highest BCUT2D eigenvalue weighted by Crippen LogP contribution is 2.49. The fourth-order valence-corrected chi connectivity index (χ4v) is 10.9. The highest BCUT2D eigenvalue weighted by Gasteiger charge is 2.31. The molecule has 0 bridgehead atoms. The molecule has 0 aliphatic carbocycles. The maximum atomic E-state index is 7.00. The summed E-state index contributed by atoms with van der Waals surface area (Å²) in [6.45, 7) is 2.10. The largest absolute Gasteiger partial charge is 0.496 e. The van der Waals surface area contributed by atoms with Gasteiger partial charge in [0, 0.05) is 11.1 Å². The number of hydrogen-bond acceptors (Lipinski definition) is 2. The predicted molar refractivity (Wildman–Crippen MR) is 192 cm³/mol. The van der Waals surface area contributed by atoms with Crippen LogP contribution in [0.1, 0.15) is 5.56 Å². The average Bonchev–Trinajstić information content (AvgIpc) is 3.08. The molecule has 0 amide bonds. The van der Waals surface area contributed by atoms with E-state index in [0.717, 1.165) is 22.4 Å². The highest BCUT2D eigenvalue weighted by molar-refractivity contribution is 7.80. The monoisotopic (exact) mass is 630 g/mol. The lowest BCUT2D eigenvalue weighted by atomic mass is 10.0. The van der Waals surface area contributed by atoms with Gasteiger partial charge in [-0.25, -0.2) is 0 Å². The smallest absolute Gasteiger partial charge is 0.146 e. The quantitative estimate of drug-likeness (QED) is 0.152. The van der Waals surface area contributed by atoms with Gasteiger partial charge in [-0.2, -0.15) is 0 Å². The van der Waals surface area contributed by atoms with E-state index in [-0.39, 0.29) is 0 Å². The summed E-state index contributed by atoms with van der Waals surface area (Å²) in [6, 6.07) is 51.6. The lowest BCUT2D eigenvalue weighted by Gasteiger charge is -2.29. The first-order valence-corrected chi connectivity index (χ1v) is 17.5. The van der Waals surface area contributed by atoms with E-state index in [1.165, 1.54) is 31.8 Å². The Balaban J connectivity index is 1.74. The molecule has 2 nitrogen and oxygen atoms in total. The SMILES string of the molecule is COc1c(C)ccc(P(c2ccccc2)c2ccccc2)c1-c1c(P(c2ccccc2)c2ccccc2)ccc(Cl)c1OC. The average molecular weight is 631 g/mol. The third-order valence-electron chi connectivity index (χ3n) is 7.62. The molecular weight excluding hydrogens is 598 g/mol. The van der Waals surface area contributed by atoms with E-state index in [1.54, 1.807) is 14.2 Å². The Hall–Kier alpha value is -3.93. The van der Waals surface area contributed by atoms with Crippen LogP contribution in [0.5, 0.6) is 11.5 Å². The topological polar surface area (TPSA) is 18.5 Å². The second kappa shape index (κ2) is 13.8. The summed E-state index contributed by atoms with van der Waals surface area (Å²) in [7, 11) is 1.53. The fraction of sp³-hybridized carbons (Fsp3) is 0.0769. The number of benzene rings is 6. The van der Waals surface area contributed by atoms with Crippen LogP contribution >= 0.6 is 27.4 Å².